The van der Waals surface area contributed by atoms with E-state index >= 15 is 0 Å². The number of hydrogen-bond acceptors (Lipinski definition) is 4. The number of ether oxygens (including phenoxy) is 2. The summed E-state index contributed by atoms with van der Waals surface area (Å²) in [6.45, 7) is 0. The topological polar surface area (TPSA) is 61.5 Å². The number of carbonyl (C=O) groups is 1. The lowest BCUT2D eigenvalue weighted by molar-refractivity contribution is -0.148. The molecule has 1 aromatic carbocycles. The molecule has 1 fully saturated rings. The molecule has 98 valence electrons. The van der Waals surface area contributed by atoms with Crippen LogP contribution >= 0.6 is 11.6 Å². The van der Waals surface area contributed by atoms with Crippen LogP contribution < -0.4 is 10.5 Å². The molecule has 0 bridgehead atoms. The van der Waals surface area contributed by atoms with Crippen LogP contribution in [0.4, 0.5) is 0 Å². The fourth-order valence-electron chi connectivity index (χ4n) is 2.23. The van der Waals surface area contributed by atoms with Gasteiger partial charge >= 0.3 is 5.97 Å². The summed E-state index contributed by atoms with van der Waals surface area (Å²) in [4.78, 5) is 11.8. The van der Waals surface area contributed by atoms with E-state index in [4.69, 9.17) is 26.8 Å². The summed E-state index contributed by atoms with van der Waals surface area (Å²) >= 11 is 5.97. The standard InChI is InChI=1S/C13H16ClNO3/c1-17-10-4-3-8(14)7-9(10)11(15)13(5-6-13)12(16)18-2/h3-4,7,11H,5-6,15H2,1-2H3. The van der Waals surface area contributed by atoms with Gasteiger partial charge in [0.15, 0.2) is 0 Å². The van der Waals surface area contributed by atoms with Gasteiger partial charge in [0, 0.05) is 16.6 Å². The molecule has 0 heterocycles. The number of carbonyl (C=O) groups excluding carboxylic acids is 1. The molecular weight excluding hydrogens is 254 g/mol. The predicted molar refractivity (Wildman–Crippen MR) is 68.6 cm³/mol. The molecule has 1 aliphatic carbocycles. The first-order chi connectivity index (χ1) is 8.55. The Hall–Kier alpha value is -1.26. The SMILES string of the molecule is COC(=O)C1(C(N)c2cc(Cl)ccc2OC)CC1. The van der Waals surface area contributed by atoms with E-state index in [0.29, 0.717) is 10.8 Å². The van der Waals surface area contributed by atoms with Crippen molar-refractivity contribution < 1.29 is 14.3 Å². The van der Waals surface area contributed by atoms with Crippen LogP contribution in [0.25, 0.3) is 0 Å². The molecule has 0 aromatic heterocycles. The monoisotopic (exact) mass is 269 g/mol. The van der Waals surface area contributed by atoms with Gasteiger partial charge in [-0.2, -0.15) is 0 Å². The van der Waals surface area contributed by atoms with Crippen LogP contribution in [0.5, 0.6) is 5.75 Å². The molecule has 0 spiro atoms. The number of halogens is 1. The Balaban J connectivity index is 2.37. The van der Waals surface area contributed by atoms with Crippen LogP contribution in [0.15, 0.2) is 18.2 Å². The number of methoxy groups -OCH3 is 2. The molecule has 4 nitrogen and oxygen atoms in total. The van der Waals surface area contributed by atoms with Crippen LogP contribution in [0.1, 0.15) is 24.4 Å². The van der Waals surface area contributed by atoms with Crippen LogP contribution in [0.2, 0.25) is 5.02 Å². The zero-order valence-electron chi connectivity index (χ0n) is 10.4. The van der Waals surface area contributed by atoms with Gasteiger partial charge in [-0.15, -0.1) is 0 Å². The fourth-order valence-corrected chi connectivity index (χ4v) is 2.41. The Bertz CT molecular complexity index is 471. The number of nitrogens with two attached hydrogens (primary N) is 1. The third-order valence-corrected chi connectivity index (χ3v) is 3.74. The Kier molecular flexibility index (Phi) is 3.50. The van der Waals surface area contributed by atoms with Crippen molar-refractivity contribution in [3.05, 3.63) is 28.8 Å². The van der Waals surface area contributed by atoms with Crippen LogP contribution in [0, 0.1) is 5.41 Å². The molecule has 1 unspecified atom stereocenters. The second-order valence-corrected chi connectivity index (χ2v) is 4.95. The predicted octanol–water partition coefficient (Wildman–Crippen LogP) is 2.30. The maximum atomic E-state index is 11.8. The van der Waals surface area contributed by atoms with Gasteiger partial charge in [0.05, 0.1) is 19.6 Å². The smallest absolute Gasteiger partial charge is 0.313 e. The highest BCUT2D eigenvalue weighted by Crippen LogP contribution is 2.56. The van der Waals surface area contributed by atoms with Gasteiger partial charge in [-0.05, 0) is 31.0 Å². The molecular formula is C13H16ClNO3. The molecule has 1 aliphatic rings. The molecule has 2 rings (SSSR count). The van der Waals surface area contributed by atoms with Gasteiger partial charge in [-0.25, -0.2) is 0 Å². The lowest BCUT2D eigenvalue weighted by Gasteiger charge is -2.23. The van der Waals surface area contributed by atoms with Crippen LogP contribution in [-0.4, -0.2) is 20.2 Å². The van der Waals surface area contributed by atoms with Gasteiger partial charge in [-0.1, -0.05) is 11.6 Å². The highest BCUT2D eigenvalue weighted by atomic mass is 35.5. The Morgan fingerprint density at radius 3 is 2.61 bits per heavy atom. The van der Waals surface area contributed by atoms with Crippen molar-refractivity contribution in [2.24, 2.45) is 11.1 Å². The molecule has 0 saturated heterocycles. The second-order valence-electron chi connectivity index (χ2n) is 4.51. The van der Waals surface area contributed by atoms with Crippen LogP contribution in [-0.2, 0) is 9.53 Å². The minimum atomic E-state index is -0.618. The van der Waals surface area contributed by atoms with E-state index in [-0.39, 0.29) is 5.97 Å². The molecule has 1 atom stereocenters. The third-order valence-electron chi connectivity index (χ3n) is 3.50. The van der Waals surface area contributed by atoms with Crippen molar-refractivity contribution in [2.75, 3.05) is 14.2 Å². The van der Waals surface area contributed by atoms with Gasteiger partial charge in [0.1, 0.15) is 5.75 Å². The van der Waals surface area contributed by atoms with Crippen molar-refractivity contribution in [3.8, 4) is 5.75 Å². The molecule has 0 radical (unpaired) electrons. The van der Waals surface area contributed by atoms with E-state index in [2.05, 4.69) is 0 Å². The van der Waals surface area contributed by atoms with E-state index in [1.807, 2.05) is 0 Å². The van der Waals surface area contributed by atoms with Gasteiger partial charge in [-0.3, -0.25) is 4.79 Å². The van der Waals surface area contributed by atoms with E-state index < -0.39 is 11.5 Å². The summed E-state index contributed by atoms with van der Waals surface area (Å²) in [5.41, 5.74) is 6.34. The van der Waals surface area contributed by atoms with Crippen molar-refractivity contribution in [3.63, 3.8) is 0 Å². The first-order valence-corrected chi connectivity index (χ1v) is 6.10. The summed E-state index contributed by atoms with van der Waals surface area (Å²) in [6.07, 6.45) is 1.47. The number of esters is 1. The van der Waals surface area contributed by atoms with Crippen molar-refractivity contribution in [1.29, 1.82) is 0 Å². The van der Waals surface area contributed by atoms with Crippen molar-refractivity contribution in [1.82, 2.24) is 0 Å². The highest BCUT2D eigenvalue weighted by Gasteiger charge is 2.56. The molecule has 1 aromatic rings. The quantitative estimate of drug-likeness (QED) is 0.852. The normalized spacial score (nSPS) is 18.0. The minimum Gasteiger partial charge on any atom is -0.496 e. The summed E-state index contributed by atoms with van der Waals surface area (Å²) in [7, 11) is 2.95. The van der Waals surface area contributed by atoms with E-state index in [1.165, 1.54) is 7.11 Å². The Morgan fingerprint density at radius 1 is 1.44 bits per heavy atom. The lowest BCUT2D eigenvalue weighted by Crippen LogP contribution is -2.31. The van der Waals surface area contributed by atoms with Crippen molar-refractivity contribution in [2.45, 2.75) is 18.9 Å². The van der Waals surface area contributed by atoms with E-state index in [1.54, 1.807) is 25.3 Å². The molecule has 2 N–H and O–H groups in total. The lowest BCUT2D eigenvalue weighted by atomic mass is 9.90. The Labute approximate surface area is 111 Å². The van der Waals surface area contributed by atoms with E-state index in [9.17, 15) is 4.79 Å². The molecule has 1 saturated carbocycles. The molecule has 5 heteroatoms. The largest absolute Gasteiger partial charge is 0.496 e. The number of rotatable bonds is 4. The third kappa shape index (κ3) is 2.06. The average Bonchev–Trinajstić information content (AvgIpc) is 3.18. The maximum absolute atomic E-state index is 11.8. The summed E-state index contributed by atoms with van der Waals surface area (Å²) in [6, 6.07) is 4.77. The fraction of sp³-hybridized carbons (Fsp3) is 0.462. The number of benzene rings is 1. The first-order valence-electron chi connectivity index (χ1n) is 5.72. The van der Waals surface area contributed by atoms with E-state index in [0.717, 1.165) is 18.4 Å². The van der Waals surface area contributed by atoms with Gasteiger partial charge < -0.3 is 15.2 Å². The number of hydrogen-bond donors (Lipinski definition) is 1. The summed E-state index contributed by atoms with van der Waals surface area (Å²) in [5.74, 6) is 0.374. The van der Waals surface area contributed by atoms with Crippen LogP contribution in [0.3, 0.4) is 0 Å². The second kappa shape index (κ2) is 4.78. The summed E-state index contributed by atoms with van der Waals surface area (Å²) in [5, 5.41) is 0.571. The average molecular weight is 270 g/mol. The summed E-state index contributed by atoms with van der Waals surface area (Å²) < 4.78 is 10.1. The molecule has 18 heavy (non-hydrogen) atoms. The zero-order chi connectivity index (χ0) is 13.3. The van der Waals surface area contributed by atoms with Gasteiger partial charge in [0.25, 0.3) is 0 Å². The zero-order valence-corrected chi connectivity index (χ0v) is 11.2. The molecule has 0 amide bonds. The highest BCUT2D eigenvalue weighted by molar-refractivity contribution is 6.30. The first kappa shape index (κ1) is 13.2. The van der Waals surface area contributed by atoms with Gasteiger partial charge in [0.2, 0.25) is 0 Å². The Morgan fingerprint density at radius 2 is 2.11 bits per heavy atom. The molecule has 0 aliphatic heterocycles. The minimum absolute atomic E-state index is 0.267. The van der Waals surface area contributed by atoms with Crippen molar-refractivity contribution >= 4 is 17.6 Å². The maximum Gasteiger partial charge on any atom is 0.313 e.